The smallest absolute Gasteiger partial charge is 0.305 e. The number of carbonyl (C=O) groups is 2. The Morgan fingerprint density at radius 1 is 1.25 bits per heavy atom. The Balaban J connectivity index is 1.85. The Bertz CT molecular complexity index is 1150. The van der Waals surface area contributed by atoms with E-state index >= 15 is 0 Å². The number of carboxylic acids is 1. The number of aryl methyl sites for hydroxylation is 1. The lowest BCUT2D eigenvalue weighted by molar-refractivity contribution is -0.137. The molecule has 2 N–H and O–H groups in total. The molecule has 8 heteroatoms. The molecular formula is C20H15N3O3S2. The molecule has 1 fully saturated rings. The van der Waals surface area contributed by atoms with Crippen LogP contribution in [-0.4, -0.2) is 31.1 Å². The van der Waals surface area contributed by atoms with Gasteiger partial charge in [-0.2, -0.15) is 5.10 Å². The minimum Gasteiger partial charge on any atom is -0.481 e. The maximum Gasteiger partial charge on any atom is 0.305 e. The number of carbonyl (C=O) groups excluding carboxylic acids is 1. The van der Waals surface area contributed by atoms with Crippen molar-refractivity contribution in [1.29, 1.82) is 0 Å². The monoisotopic (exact) mass is 409 g/mol. The van der Waals surface area contributed by atoms with Crippen LogP contribution >= 0.6 is 24.0 Å². The molecule has 0 atom stereocenters. The van der Waals surface area contributed by atoms with Gasteiger partial charge in [0.05, 0.1) is 17.9 Å². The minimum absolute atomic E-state index is 0.0357. The Kier molecular flexibility index (Phi) is 4.97. The van der Waals surface area contributed by atoms with Crippen LogP contribution in [0.5, 0.6) is 0 Å². The molecule has 28 heavy (non-hydrogen) atoms. The van der Waals surface area contributed by atoms with Crippen molar-refractivity contribution >= 4 is 57.0 Å². The molecule has 1 aromatic heterocycles. The zero-order chi connectivity index (χ0) is 19.7. The van der Waals surface area contributed by atoms with E-state index in [1.54, 1.807) is 17.0 Å². The van der Waals surface area contributed by atoms with Gasteiger partial charge in [0.15, 0.2) is 0 Å². The zero-order valence-electron chi connectivity index (χ0n) is 14.6. The summed E-state index contributed by atoms with van der Waals surface area (Å²) in [4.78, 5) is 23.5. The van der Waals surface area contributed by atoms with E-state index in [4.69, 9.17) is 17.3 Å². The first-order valence-corrected chi connectivity index (χ1v) is 9.76. The zero-order valence-corrected chi connectivity index (χ0v) is 16.2. The average molecular weight is 409 g/mol. The summed E-state index contributed by atoms with van der Waals surface area (Å²) in [7, 11) is 0. The lowest BCUT2D eigenvalue weighted by Crippen LogP contribution is -2.17. The Labute approximate surface area is 170 Å². The van der Waals surface area contributed by atoms with Gasteiger partial charge in [0.1, 0.15) is 10.0 Å². The van der Waals surface area contributed by atoms with Gasteiger partial charge in [-0.15, -0.1) is 0 Å². The molecule has 4 rings (SSSR count). The van der Waals surface area contributed by atoms with Crippen LogP contribution in [0.15, 0.2) is 53.6 Å². The molecule has 1 aliphatic heterocycles. The number of aliphatic carboxylic acids is 1. The largest absolute Gasteiger partial charge is 0.481 e. The van der Waals surface area contributed by atoms with E-state index in [-0.39, 0.29) is 18.9 Å². The van der Waals surface area contributed by atoms with Gasteiger partial charge in [-0.25, -0.2) is 0 Å². The van der Waals surface area contributed by atoms with Crippen molar-refractivity contribution in [2.75, 3.05) is 0 Å². The molecule has 0 spiro atoms. The Morgan fingerprint density at radius 2 is 2.04 bits per heavy atom. The van der Waals surface area contributed by atoms with Crippen LogP contribution in [0.1, 0.15) is 12.0 Å². The summed E-state index contributed by atoms with van der Waals surface area (Å²) < 4.78 is 2.02. The molecule has 0 unspecified atom stereocenters. The number of nitrogens with zero attached hydrogens (tertiary/aromatic N) is 2. The van der Waals surface area contributed by atoms with Crippen molar-refractivity contribution < 1.29 is 14.7 Å². The fraction of sp³-hybridized carbons (Fsp3) is 0.100. The topological polar surface area (TPSA) is 84.2 Å². The maximum atomic E-state index is 12.1. The maximum absolute atomic E-state index is 12.1. The fourth-order valence-corrected chi connectivity index (χ4v) is 4.11. The van der Waals surface area contributed by atoms with Gasteiger partial charge in [-0.1, -0.05) is 66.4 Å². The first kappa shape index (κ1) is 18.4. The van der Waals surface area contributed by atoms with Gasteiger partial charge in [0, 0.05) is 17.3 Å². The van der Waals surface area contributed by atoms with Crippen LogP contribution in [0.3, 0.4) is 0 Å². The van der Waals surface area contributed by atoms with Gasteiger partial charge in [0.2, 0.25) is 0 Å². The number of benzene rings is 2. The third-order valence-corrected chi connectivity index (χ3v) is 5.48. The summed E-state index contributed by atoms with van der Waals surface area (Å²) in [6, 6.07) is 13.9. The quantitative estimate of drug-likeness (QED) is 0.494. The predicted octanol–water partition coefficient (Wildman–Crippen LogP) is 3.67. The standard InChI is InChI=1S/C20H15N3O3S2/c24-17(25)8-9-23-11-13(10-16-19(26)21-20(27)28-16)18(22-23)15-7-3-5-12-4-1-2-6-14(12)15/h1-7,10-11H,8-9H2,(H,24,25)(H,21,26,27). The van der Waals surface area contributed by atoms with Gasteiger partial charge >= 0.3 is 5.97 Å². The number of fused-ring (bicyclic) bond motifs is 1. The van der Waals surface area contributed by atoms with E-state index in [9.17, 15) is 9.59 Å². The van der Waals surface area contributed by atoms with E-state index < -0.39 is 5.97 Å². The van der Waals surface area contributed by atoms with Crippen molar-refractivity contribution in [3.05, 3.63) is 59.1 Å². The van der Waals surface area contributed by atoms with E-state index in [0.717, 1.165) is 21.9 Å². The van der Waals surface area contributed by atoms with Gasteiger partial charge in [-0.05, 0) is 16.8 Å². The highest BCUT2D eigenvalue weighted by atomic mass is 32.2. The lowest BCUT2D eigenvalue weighted by atomic mass is 10.00. The van der Waals surface area contributed by atoms with Crippen LogP contribution in [-0.2, 0) is 16.1 Å². The molecule has 0 saturated carbocycles. The first-order valence-electron chi connectivity index (χ1n) is 8.53. The molecule has 1 aliphatic rings. The molecule has 1 saturated heterocycles. The molecule has 2 aromatic carbocycles. The van der Waals surface area contributed by atoms with Crippen LogP contribution in [0, 0.1) is 0 Å². The van der Waals surface area contributed by atoms with Crippen molar-refractivity contribution in [3.8, 4) is 11.3 Å². The first-order chi connectivity index (χ1) is 13.5. The molecule has 0 bridgehead atoms. The molecule has 0 aliphatic carbocycles. The van der Waals surface area contributed by atoms with Crippen molar-refractivity contribution in [2.45, 2.75) is 13.0 Å². The summed E-state index contributed by atoms with van der Waals surface area (Å²) in [6.07, 6.45) is 3.48. The highest BCUT2D eigenvalue weighted by molar-refractivity contribution is 8.26. The summed E-state index contributed by atoms with van der Waals surface area (Å²) in [5, 5.41) is 18.3. The molecular weight excluding hydrogens is 394 g/mol. The van der Waals surface area contributed by atoms with Gasteiger partial charge in [-0.3, -0.25) is 14.3 Å². The van der Waals surface area contributed by atoms with Crippen LogP contribution < -0.4 is 5.32 Å². The van der Waals surface area contributed by atoms with E-state index in [2.05, 4.69) is 10.4 Å². The van der Waals surface area contributed by atoms with Crippen LogP contribution in [0.4, 0.5) is 0 Å². The van der Waals surface area contributed by atoms with Crippen LogP contribution in [0.25, 0.3) is 28.1 Å². The highest BCUT2D eigenvalue weighted by Gasteiger charge is 2.23. The van der Waals surface area contributed by atoms with E-state index in [0.29, 0.717) is 14.9 Å². The number of hydrogen-bond acceptors (Lipinski definition) is 5. The third kappa shape index (κ3) is 3.69. The summed E-state index contributed by atoms with van der Waals surface area (Å²) in [5.74, 6) is -1.13. The normalized spacial score (nSPS) is 15.4. The average Bonchev–Trinajstić information content (AvgIpc) is 3.22. The summed E-state index contributed by atoms with van der Waals surface area (Å²) in [6.45, 7) is 0.244. The summed E-state index contributed by atoms with van der Waals surface area (Å²) in [5.41, 5.74) is 2.36. The van der Waals surface area contributed by atoms with E-state index in [1.807, 2.05) is 42.5 Å². The number of thioether (sulfide) groups is 1. The molecule has 0 radical (unpaired) electrons. The number of nitrogens with one attached hydrogen (secondary N) is 1. The number of amides is 1. The number of hydrogen-bond donors (Lipinski definition) is 2. The van der Waals surface area contributed by atoms with Crippen molar-refractivity contribution in [3.63, 3.8) is 0 Å². The van der Waals surface area contributed by atoms with Crippen LogP contribution in [0.2, 0.25) is 0 Å². The third-order valence-electron chi connectivity index (χ3n) is 4.32. The number of rotatable bonds is 5. The number of thiocarbonyl (C=S) groups is 1. The Hall–Kier alpha value is -2.97. The van der Waals surface area contributed by atoms with E-state index in [1.165, 1.54) is 11.8 Å². The lowest BCUT2D eigenvalue weighted by Gasteiger charge is -2.05. The minimum atomic E-state index is -0.891. The second-order valence-corrected chi connectivity index (χ2v) is 7.94. The van der Waals surface area contributed by atoms with Gasteiger partial charge < -0.3 is 10.4 Å². The Morgan fingerprint density at radius 3 is 2.79 bits per heavy atom. The molecule has 140 valence electrons. The van der Waals surface area contributed by atoms with Crippen molar-refractivity contribution in [1.82, 2.24) is 15.1 Å². The molecule has 2 heterocycles. The second kappa shape index (κ2) is 7.57. The molecule has 6 nitrogen and oxygen atoms in total. The highest BCUT2D eigenvalue weighted by Crippen LogP contribution is 2.33. The molecule has 3 aromatic rings. The number of carboxylic acid groups (broad SMARTS) is 1. The fourth-order valence-electron chi connectivity index (χ4n) is 3.07. The second-order valence-electron chi connectivity index (χ2n) is 6.22. The predicted molar refractivity (Wildman–Crippen MR) is 114 cm³/mol. The molecule has 1 amide bonds. The van der Waals surface area contributed by atoms with Crippen molar-refractivity contribution in [2.24, 2.45) is 0 Å². The number of aromatic nitrogens is 2. The SMILES string of the molecule is O=C(O)CCn1cc(C=C2SC(=S)NC2=O)c(-c2cccc3ccccc23)n1. The summed E-state index contributed by atoms with van der Waals surface area (Å²) >= 11 is 6.26. The van der Waals surface area contributed by atoms with Gasteiger partial charge in [0.25, 0.3) is 5.91 Å².